The summed E-state index contributed by atoms with van der Waals surface area (Å²) in [5.41, 5.74) is -0.391. The van der Waals surface area contributed by atoms with Gasteiger partial charge in [0.05, 0.1) is 0 Å². The Labute approximate surface area is 156 Å². The molecule has 0 saturated heterocycles. The Balaban J connectivity index is 0.00000110. The van der Waals surface area contributed by atoms with Crippen molar-refractivity contribution in [3.63, 3.8) is 0 Å². The van der Waals surface area contributed by atoms with Crippen LogP contribution in [0.4, 0.5) is 0 Å². The van der Waals surface area contributed by atoms with Crippen LogP contribution in [0.2, 0.25) is 6.55 Å². The van der Waals surface area contributed by atoms with Crippen LogP contribution in [0.3, 0.4) is 0 Å². The fourth-order valence-corrected chi connectivity index (χ4v) is 21.3. The van der Waals surface area contributed by atoms with Crippen LogP contribution in [-0.2, 0) is 20.4 Å². The Kier molecular flexibility index (Phi) is 8.63. The molecule has 0 heterocycles. The van der Waals surface area contributed by atoms with Gasteiger partial charge in [-0.2, -0.15) is 0 Å². The fraction of sp³-hybridized carbons (Fsp3) is 0.176. The van der Waals surface area contributed by atoms with Crippen molar-refractivity contribution in [1.29, 1.82) is 0 Å². The van der Waals surface area contributed by atoms with Crippen molar-refractivity contribution in [1.82, 2.24) is 0 Å². The summed E-state index contributed by atoms with van der Waals surface area (Å²) in [5.74, 6) is 0. The van der Waals surface area contributed by atoms with Gasteiger partial charge in [-0.05, 0) is 0 Å². The van der Waals surface area contributed by atoms with E-state index < -0.39 is 25.8 Å². The van der Waals surface area contributed by atoms with Crippen LogP contribution in [0.25, 0.3) is 0 Å². The molecule has 1 aromatic rings. The van der Waals surface area contributed by atoms with E-state index in [1.165, 1.54) is 12.8 Å². The van der Waals surface area contributed by atoms with E-state index >= 15 is 0 Å². The molecule has 2 aliphatic rings. The molecule has 4 heteroatoms. The van der Waals surface area contributed by atoms with Crippen LogP contribution in [0, 0.1) is 0 Å². The Bertz CT molecular complexity index is 608. The first-order valence-electron chi connectivity index (χ1n) is 6.84. The van der Waals surface area contributed by atoms with E-state index in [1.807, 2.05) is 0 Å². The zero-order chi connectivity index (χ0) is 13.1. The van der Waals surface area contributed by atoms with Crippen molar-refractivity contribution in [2.75, 3.05) is 0 Å². The van der Waals surface area contributed by atoms with Crippen LogP contribution in [-0.4, -0.2) is 5.43 Å². The molecule has 0 amide bonds. The molecule has 0 N–H and O–H groups in total. The summed E-state index contributed by atoms with van der Waals surface area (Å²) >= 11 is -1.63. The number of allylic oxidation sites excluding steroid dienone is 8. The maximum absolute atomic E-state index is 2.55. The number of halogens is 2. The second kappa shape index (κ2) is 9.39. The predicted octanol–water partition coefficient (Wildman–Crippen LogP) is 4.98. The Morgan fingerprint density at radius 1 is 0.857 bits per heavy atom. The number of hydrogen-bond donors (Lipinski definition) is 0. The van der Waals surface area contributed by atoms with Crippen LogP contribution in [0.15, 0.2) is 73.3 Å². The van der Waals surface area contributed by atoms with Gasteiger partial charge in [0.2, 0.25) is 0 Å². The summed E-state index contributed by atoms with van der Waals surface area (Å²) in [6.45, 7) is 2.55. The zero-order valence-electron chi connectivity index (χ0n) is 12.1. The molecule has 0 fully saturated rings. The first-order valence-corrected chi connectivity index (χ1v) is 15.0. The number of hydrogen-bond acceptors (Lipinski definition) is 0. The molecule has 0 aliphatic heterocycles. The van der Waals surface area contributed by atoms with Crippen molar-refractivity contribution in [3.05, 3.63) is 73.3 Å². The molecule has 0 radical (unpaired) electrons. The van der Waals surface area contributed by atoms with Crippen molar-refractivity contribution in [2.24, 2.45) is 0 Å². The summed E-state index contributed by atoms with van der Waals surface area (Å²) in [7, 11) is 0. The Hall–Kier alpha value is 0.240. The third-order valence-corrected chi connectivity index (χ3v) is 22.2. The van der Waals surface area contributed by atoms with E-state index in [9.17, 15) is 0 Å². The minimum atomic E-state index is -1.63. The molecule has 0 spiro atoms. The Morgan fingerprint density at radius 2 is 1.38 bits per heavy atom. The average Bonchev–Trinajstić information content (AvgIpc) is 3.13. The molecule has 0 nitrogen and oxygen atoms in total. The van der Waals surface area contributed by atoms with Crippen LogP contribution in [0.1, 0.15) is 12.8 Å². The molecular formula is C17H20Br2SiZr. The van der Waals surface area contributed by atoms with E-state index in [0.29, 0.717) is 0 Å². The van der Waals surface area contributed by atoms with Gasteiger partial charge in [0.1, 0.15) is 0 Å². The molecule has 0 aromatic heterocycles. The molecule has 2 aliphatic carbocycles. The second-order valence-electron chi connectivity index (χ2n) is 5.01. The van der Waals surface area contributed by atoms with Gasteiger partial charge in [-0.25, -0.2) is 0 Å². The van der Waals surface area contributed by atoms with E-state index in [2.05, 4.69) is 73.3 Å². The van der Waals surface area contributed by atoms with E-state index in [-0.39, 0.29) is 34.0 Å². The molecule has 21 heavy (non-hydrogen) atoms. The third-order valence-electron chi connectivity index (χ3n) is 3.77. The molecule has 0 bridgehead atoms. The standard InChI is InChI=1S/C7H8Si.2C5H5.2BrH.Zr/c1-8-7-5-3-2-4-6-7;2*1-2-4-5-3-1;;;/h2-6H,1H3;2*1-3H,4H2;2*1H;. The van der Waals surface area contributed by atoms with Gasteiger partial charge in [0.25, 0.3) is 0 Å². The second-order valence-corrected chi connectivity index (χ2v) is 20.3. The van der Waals surface area contributed by atoms with Gasteiger partial charge in [-0.15, -0.1) is 34.0 Å². The van der Waals surface area contributed by atoms with Gasteiger partial charge in [-0.3, -0.25) is 0 Å². The molecule has 1 aromatic carbocycles. The Morgan fingerprint density at radius 3 is 1.81 bits per heavy atom. The van der Waals surface area contributed by atoms with E-state index in [0.717, 1.165) is 0 Å². The van der Waals surface area contributed by atoms with Gasteiger partial charge < -0.3 is 0 Å². The predicted molar refractivity (Wildman–Crippen MR) is 102 cm³/mol. The topological polar surface area (TPSA) is 0 Å². The monoisotopic (exact) mass is 500 g/mol. The molecular weight excluding hydrogens is 483 g/mol. The summed E-state index contributed by atoms with van der Waals surface area (Å²) < 4.78 is 3.61. The average molecular weight is 503 g/mol. The molecule has 0 saturated carbocycles. The van der Waals surface area contributed by atoms with Crippen molar-refractivity contribution >= 4 is 44.6 Å². The van der Waals surface area contributed by atoms with E-state index in [1.54, 1.807) is 11.7 Å². The summed E-state index contributed by atoms with van der Waals surface area (Å²) in [6, 6.07) is 11.2. The summed E-state index contributed by atoms with van der Waals surface area (Å²) in [4.78, 5) is 0. The SMILES string of the molecule is Br.Br.C[Si](c1ccccc1)=[Zr]([C]1=CC=CC1)[C]1=CC=CC1. The normalized spacial score (nSPS) is 14.9. The van der Waals surface area contributed by atoms with Gasteiger partial charge in [-0.1, -0.05) is 0 Å². The maximum atomic E-state index is 2.55. The van der Waals surface area contributed by atoms with Gasteiger partial charge in [0, 0.05) is 0 Å². The van der Waals surface area contributed by atoms with Crippen molar-refractivity contribution < 1.29 is 20.4 Å². The van der Waals surface area contributed by atoms with Gasteiger partial charge in [0.15, 0.2) is 0 Å². The van der Waals surface area contributed by atoms with E-state index in [4.69, 9.17) is 0 Å². The van der Waals surface area contributed by atoms with Crippen LogP contribution in [0.5, 0.6) is 0 Å². The molecule has 0 atom stereocenters. The minimum absolute atomic E-state index is 0. The molecule has 3 rings (SSSR count). The first-order chi connectivity index (χ1) is 9.36. The van der Waals surface area contributed by atoms with Gasteiger partial charge >= 0.3 is 124 Å². The number of rotatable bonds is 3. The zero-order valence-corrected chi connectivity index (χ0v) is 19.0. The fourth-order valence-electron chi connectivity index (χ4n) is 2.79. The van der Waals surface area contributed by atoms with Crippen LogP contribution >= 0.6 is 34.0 Å². The van der Waals surface area contributed by atoms with Crippen molar-refractivity contribution in [3.8, 4) is 0 Å². The quantitative estimate of drug-likeness (QED) is 0.511. The van der Waals surface area contributed by atoms with Crippen molar-refractivity contribution in [2.45, 2.75) is 19.4 Å². The third kappa shape index (κ3) is 4.60. The summed E-state index contributed by atoms with van der Waals surface area (Å²) in [5, 5.41) is 1.63. The molecule has 110 valence electrons. The first kappa shape index (κ1) is 19.3. The number of benzene rings is 1. The molecule has 0 unspecified atom stereocenters. The van der Waals surface area contributed by atoms with Crippen LogP contribution < -0.4 is 5.19 Å². The summed E-state index contributed by atoms with van der Waals surface area (Å²) in [6.07, 6.45) is 16.5.